The number of halogens is 1. The summed E-state index contributed by atoms with van der Waals surface area (Å²) in [7, 11) is 1.57. The lowest BCUT2D eigenvalue weighted by atomic mass is 10.2. The summed E-state index contributed by atoms with van der Waals surface area (Å²) in [6.07, 6.45) is 0. The topological polar surface area (TPSA) is 58.6 Å². The number of carbonyl (C=O) groups excluding carboxylic acids is 2. The van der Waals surface area contributed by atoms with Gasteiger partial charge in [-0.25, -0.2) is 0 Å². The van der Waals surface area contributed by atoms with Crippen molar-refractivity contribution in [1.82, 2.24) is 4.90 Å². The monoisotopic (exact) mass is 346 g/mol. The van der Waals surface area contributed by atoms with Crippen LogP contribution in [0, 0.1) is 0 Å². The van der Waals surface area contributed by atoms with Gasteiger partial charge in [0, 0.05) is 29.7 Å². The Morgan fingerprint density at radius 2 is 1.79 bits per heavy atom. The quantitative estimate of drug-likeness (QED) is 0.872. The van der Waals surface area contributed by atoms with Gasteiger partial charge in [-0.2, -0.15) is 0 Å². The molecule has 0 heterocycles. The summed E-state index contributed by atoms with van der Waals surface area (Å²) in [6, 6.07) is 14.2. The minimum absolute atomic E-state index is 0.0456. The maximum Gasteiger partial charge on any atom is 0.244 e. The molecule has 0 saturated carbocycles. The normalized spacial score (nSPS) is 10.1. The third-order valence-electron chi connectivity index (χ3n) is 3.46. The van der Waals surface area contributed by atoms with Gasteiger partial charge in [0.2, 0.25) is 11.8 Å². The van der Waals surface area contributed by atoms with Crippen LogP contribution in [0.2, 0.25) is 5.02 Å². The maximum atomic E-state index is 12.2. The summed E-state index contributed by atoms with van der Waals surface area (Å²) >= 11 is 5.82. The van der Waals surface area contributed by atoms with Crippen molar-refractivity contribution in [3.05, 3.63) is 59.1 Å². The SMILES string of the molecule is COc1ccccc1CN(CC(=O)Nc1ccc(Cl)cc1)C(C)=O. The molecule has 0 radical (unpaired) electrons. The first-order valence-corrected chi connectivity index (χ1v) is 7.80. The van der Waals surface area contributed by atoms with Gasteiger partial charge in [-0.15, -0.1) is 0 Å². The van der Waals surface area contributed by atoms with Crippen LogP contribution in [0.25, 0.3) is 0 Å². The number of nitrogens with zero attached hydrogens (tertiary/aromatic N) is 1. The zero-order chi connectivity index (χ0) is 17.5. The molecule has 1 N–H and O–H groups in total. The van der Waals surface area contributed by atoms with Gasteiger partial charge in [-0.1, -0.05) is 29.8 Å². The first kappa shape index (κ1) is 17.8. The molecule has 0 bridgehead atoms. The fourth-order valence-electron chi connectivity index (χ4n) is 2.22. The average Bonchev–Trinajstić information content (AvgIpc) is 2.56. The van der Waals surface area contributed by atoms with E-state index >= 15 is 0 Å². The van der Waals surface area contributed by atoms with Crippen LogP contribution in [-0.4, -0.2) is 30.4 Å². The number of anilines is 1. The Kier molecular flexibility index (Phi) is 6.21. The number of carbonyl (C=O) groups is 2. The fourth-order valence-corrected chi connectivity index (χ4v) is 2.35. The van der Waals surface area contributed by atoms with Gasteiger partial charge in [-0.05, 0) is 30.3 Å². The number of methoxy groups -OCH3 is 1. The van der Waals surface area contributed by atoms with Crippen molar-refractivity contribution >= 4 is 29.1 Å². The lowest BCUT2D eigenvalue weighted by Crippen LogP contribution is -2.36. The van der Waals surface area contributed by atoms with Crippen LogP contribution in [0.15, 0.2) is 48.5 Å². The third kappa shape index (κ3) is 4.99. The van der Waals surface area contributed by atoms with Gasteiger partial charge >= 0.3 is 0 Å². The standard InChI is InChI=1S/C18H19ClN2O3/c1-13(22)21(11-14-5-3-4-6-17(14)24-2)12-18(23)20-16-9-7-15(19)8-10-16/h3-10H,11-12H2,1-2H3,(H,20,23). The van der Waals surface area contributed by atoms with Gasteiger partial charge in [-0.3, -0.25) is 9.59 Å². The van der Waals surface area contributed by atoms with Gasteiger partial charge < -0.3 is 15.0 Å². The van der Waals surface area contributed by atoms with E-state index in [2.05, 4.69) is 5.32 Å². The number of benzene rings is 2. The van der Waals surface area contributed by atoms with Crippen LogP contribution in [-0.2, 0) is 16.1 Å². The predicted molar refractivity (Wildman–Crippen MR) is 94.2 cm³/mol. The average molecular weight is 347 g/mol. The highest BCUT2D eigenvalue weighted by Crippen LogP contribution is 2.19. The van der Waals surface area contributed by atoms with E-state index in [1.54, 1.807) is 31.4 Å². The number of amides is 2. The molecule has 0 aliphatic carbocycles. The number of nitrogens with one attached hydrogen (secondary N) is 1. The number of rotatable bonds is 6. The number of hydrogen-bond acceptors (Lipinski definition) is 3. The second kappa shape index (κ2) is 8.36. The van der Waals surface area contributed by atoms with E-state index in [1.165, 1.54) is 11.8 Å². The number of ether oxygens (including phenoxy) is 1. The third-order valence-corrected chi connectivity index (χ3v) is 3.71. The highest BCUT2D eigenvalue weighted by molar-refractivity contribution is 6.30. The van der Waals surface area contributed by atoms with Crippen molar-refractivity contribution in [2.24, 2.45) is 0 Å². The van der Waals surface area contributed by atoms with Crippen molar-refractivity contribution in [1.29, 1.82) is 0 Å². The Labute approximate surface area is 146 Å². The van der Waals surface area contributed by atoms with Crippen molar-refractivity contribution in [3.8, 4) is 5.75 Å². The summed E-state index contributed by atoms with van der Waals surface area (Å²) in [5, 5.41) is 3.34. The Balaban J connectivity index is 2.04. The molecule has 0 aliphatic rings. The Hall–Kier alpha value is -2.53. The fraction of sp³-hybridized carbons (Fsp3) is 0.222. The van der Waals surface area contributed by atoms with Gasteiger partial charge in [0.15, 0.2) is 0 Å². The first-order chi connectivity index (χ1) is 11.5. The van der Waals surface area contributed by atoms with Gasteiger partial charge in [0.1, 0.15) is 12.3 Å². The molecule has 0 aromatic heterocycles. The zero-order valence-electron chi connectivity index (χ0n) is 13.6. The van der Waals surface area contributed by atoms with E-state index in [1.807, 2.05) is 24.3 Å². The lowest BCUT2D eigenvalue weighted by molar-refractivity contribution is -0.133. The minimum atomic E-state index is -0.276. The Bertz CT molecular complexity index is 716. The van der Waals surface area contributed by atoms with E-state index < -0.39 is 0 Å². The Morgan fingerprint density at radius 3 is 2.42 bits per heavy atom. The summed E-state index contributed by atoms with van der Waals surface area (Å²) < 4.78 is 5.29. The van der Waals surface area contributed by atoms with Crippen LogP contribution in [0.5, 0.6) is 5.75 Å². The van der Waals surface area contributed by atoms with Crippen LogP contribution >= 0.6 is 11.6 Å². The molecule has 6 heteroatoms. The molecule has 2 aromatic carbocycles. The highest BCUT2D eigenvalue weighted by Gasteiger charge is 2.16. The number of para-hydroxylation sites is 1. The molecule has 2 aromatic rings. The second-order valence-electron chi connectivity index (χ2n) is 5.24. The molecule has 0 atom stereocenters. The van der Waals surface area contributed by atoms with Gasteiger partial charge in [0.05, 0.1) is 7.11 Å². The van der Waals surface area contributed by atoms with E-state index in [9.17, 15) is 9.59 Å². The molecule has 0 unspecified atom stereocenters. The highest BCUT2D eigenvalue weighted by atomic mass is 35.5. The van der Waals surface area contributed by atoms with E-state index in [0.29, 0.717) is 23.0 Å². The first-order valence-electron chi connectivity index (χ1n) is 7.42. The molecular formula is C18H19ClN2O3. The van der Waals surface area contributed by atoms with Crippen molar-refractivity contribution in [2.75, 3.05) is 19.0 Å². The van der Waals surface area contributed by atoms with Crippen LogP contribution in [0.1, 0.15) is 12.5 Å². The van der Waals surface area contributed by atoms with Crippen molar-refractivity contribution in [2.45, 2.75) is 13.5 Å². The summed E-state index contributed by atoms with van der Waals surface area (Å²) in [6.45, 7) is 1.69. The van der Waals surface area contributed by atoms with Gasteiger partial charge in [0.25, 0.3) is 0 Å². The van der Waals surface area contributed by atoms with E-state index in [4.69, 9.17) is 16.3 Å². The maximum absolute atomic E-state index is 12.2. The second-order valence-corrected chi connectivity index (χ2v) is 5.68. The molecule has 0 spiro atoms. The Morgan fingerprint density at radius 1 is 1.12 bits per heavy atom. The van der Waals surface area contributed by atoms with E-state index in [-0.39, 0.29) is 18.4 Å². The molecule has 0 fully saturated rings. The van der Waals surface area contributed by atoms with Crippen molar-refractivity contribution < 1.29 is 14.3 Å². The smallest absolute Gasteiger partial charge is 0.244 e. The van der Waals surface area contributed by atoms with Crippen LogP contribution in [0.3, 0.4) is 0 Å². The molecule has 0 saturated heterocycles. The number of hydrogen-bond donors (Lipinski definition) is 1. The molecule has 2 amide bonds. The zero-order valence-corrected chi connectivity index (χ0v) is 14.3. The molecule has 0 aliphatic heterocycles. The summed E-state index contributed by atoms with van der Waals surface area (Å²) in [4.78, 5) is 25.5. The predicted octanol–water partition coefficient (Wildman–Crippen LogP) is 3.34. The van der Waals surface area contributed by atoms with E-state index in [0.717, 1.165) is 5.56 Å². The molecule has 5 nitrogen and oxygen atoms in total. The molecular weight excluding hydrogens is 328 g/mol. The van der Waals surface area contributed by atoms with Crippen LogP contribution < -0.4 is 10.1 Å². The summed E-state index contributed by atoms with van der Waals surface area (Å²) in [5.74, 6) is 0.219. The summed E-state index contributed by atoms with van der Waals surface area (Å²) in [5.41, 5.74) is 1.47. The van der Waals surface area contributed by atoms with Crippen LogP contribution in [0.4, 0.5) is 5.69 Å². The minimum Gasteiger partial charge on any atom is -0.496 e. The molecule has 24 heavy (non-hydrogen) atoms. The largest absolute Gasteiger partial charge is 0.496 e. The lowest BCUT2D eigenvalue weighted by Gasteiger charge is -2.21. The van der Waals surface area contributed by atoms with Crippen molar-refractivity contribution in [3.63, 3.8) is 0 Å². The molecule has 126 valence electrons. The molecule has 2 rings (SSSR count).